The normalized spacial score (nSPS) is 10.6. The van der Waals surface area contributed by atoms with Crippen molar-refractivity contribution < 1.29 is 9.90 Å². The van der Waals surface area contributed by atoms with Crippen LogP contribution in [0.2, 0.25) is 0 Å². The van der Waals surface area contributed by atoms with Crippen LogP contribution in [0.1, 0.15) is 0 Å². The van der Waals surface area contributed by atoms with Crippen LogP contribution in [0.5, 0.6) is 0 Å². The Balaban J connectivity index is 3.00. The largest absolute Gasteiger partial charge is 0.463 e. The van der Waals surface area contributed by atoms with Crippen molar-refractivity contribution in [3.05, 3.63) is 28.7 Å². The monoisotopic (exact) mass is 193 g/mol. The van der Waals surface area contributed by atoms with E-state index in [0.717, 1.165) is 0 Å². The number of rotatable bonds is 0. The molecular weight excluding hydrogens is 186 g/mol. The van der Waals surface area contributed by atoms with Crippen molar-refractivity contribution in [3.63, 3.8) is 0 Å². The van der Waals surface area contributed by atoms with Crippen molar-refractivity contribution in [3.8, 4) is 0 Å². The number of hydrogen-bond donors (Lipinski definition) is 1. The average Bonchev–Trinajstić information content (AvgIpc) is 2.41. The third-order valence-corrected chi connectivity index (χ3v) is 2.01. The highest BCUT2D eigenvalue weighted by atomic mass is 16.4. The van der Waals surface area contributed by atoms with E-state index in [9.17, 15) is 9.59 Å². The summed E-state index contributed by atoms with van der Waals surface area (Å²) >= 11 is 0. The quantitative estimate of drug-likeness (QED) is 0.651. The van der Waals surface area contributed by atoms with E-state index in [0.29, 0.717) is 10.2 Å². The van der Waals surface area contributed by atoms with E-state index in [1.807, 2.05) is 0 Å². The summed E-state index contributed by atoms with van der Waals surface area (Å²) in [5.41, 5.74) is 0.0490. The highest BCUT2D eigenvalue weighted by Gasteiger charge is 2.15. The van der Waals surface area contributed by atoms with Crippen molar-refractivity contribution >= 4 is 17.1 Å². The molecule has 0 amide bonds. The molecule has 0 bridgehead atoms. The molecule has 1 N–H and O–H groups in total. The fourth-order valence-electron chi connectivity index (χ4n) is 1.38. The summed E-state index contributed by atoms with van der Waals surface area (Å²) in [5, 5.41) is 8.76. The predicted octanol–water partition coefficient (Wildman–Crippen LogP) is 0.261. The van der Waals surface area contributed by atoms with Gasteiger partial charge in [-0.2, -0.15) is 0 Å². The third-order valence-electron chi connectivity index (χ3n) is 2.01. The number of hydrogen-bond acceptors (Lipinski definition) is 3. The summed E-state index contributed by atoms with van der Waals surface area (Å²) in [5.74, 6) is 0. The van der Waals surface area contributed by atoms with Gasteiger partial charge in [0.15, 0.2) is 5.52 Å². The maximum atomic E-state index is 11.5. The number of carbonyl (C=O) groups is 1. The second-order valence-corrected chi connectivity index (χ2v) is 2.79. The Labute approximate surface area is 78.0 Å². The molecule has 6 heteroatoms. The Hall–Kier alpha value is -2.11. The molecule has 0 fully saturated rings. The van der Waals surface area contributed by atoms with Gasteiger partial charge in [-0.05, 0) is 12.1 Å². The van der Waals surface area contributed by atoms with Crippen molar-refractivity contribution in [1.29, 1.82) is 0 Å². The molecule has 72 valence electrons. The summed E-state index contributed by atoms with van der Waals surface area (Å²) in [7, 11) is 1.50. The van der Waals surface area contributed by atoms with Crippen LogP contribution < -0.4 is 5.56 Å². The second-order valence-electron chi connectivity index (χ2n) is 2.79. The number of aromatic nitrogens is 3. The molecule has 0 saturated heterocycles. The maximum absolute atomic E-state index is 11.5. The van der Waals surface area contributed by atoms with Gasteiger partial charge in [-0.3, -0.25) is 9.48 Å². The molecule has 14 heavy (non-hydrogen) atoms. The van der Waals surface area contributed by atoms with Gasteiger partial charge < -0.3 is 5.11 Å². The number of fused-ring (bicyclic) bond motifs is 1. The zero-order valence-corrected chi connectivity index (χ0v) is 7.34. The van der Waals surface area contributed by atoms with Crippen LogP contribution in [0.3, 0.4) is 0 Å². The van der Waals surface area contributed by atoms with E-state index >= 15 is 0 Å². The molecule has 0 aliphatic rings. The summed E-state index contributed by atoms with van der Waals surface area (Å²) in [6.07, 6.45) is 0.145. The molecule has 6 nitrogen and oxygen atoms in total. The Morgan fingerprint density at radius 2 is 2.29 bits per heavy atom. The lowest BCUT2D eigenvalue weighted by Gasteiger charge is -1.99. The molecule has 0 aliphatic carbocycles. The fourth-order valence-corrected chi connectivity index (χ4v) is 1.38. The molecule has 2 rings (SSSR count). The van der Waals surface area contributed by atoms with E-state index in [-0.39, 0.29) is 5.52 Å². The zero-order chi connectivity index (χ0) is 10.3. The fraction of sp³-hybridized carbons (Fsp3) is 0.125. The molecule has 0 unspecified atom stereocenters. The first kappa shape index (κ1) is 8.49. The Morgan fingerprint density at radius 1 is 1.57 bits per heavy atom. The summed E-state index contributed by atoms with van der Waals surface area (Å²) in [6, 6.07) is 3.29. The van der Waals surface area contributed by atoms with Crippen LogP contribution in [-0.2, 0) is 7.05 Å². The zero-order valence-electron chi connectivity index (χ0n) is 7.34. The molecule has 0 radical (unpaired) electrons. The van der Waals surface area contributed by atoms with Gasteiger partial charge in [-0.1, -0.05) is 0 Å². The molecular formula is C8H7N3O3. The van der Waals surface area contributed by atoms with Crippen LogP contribution in [-0.4, -0.2) is 25.5 Å². The maximum Gasteiger partial charge on any atom is 0.434 e. The lowest BCUT2D eigenvalue weighted by Crippen LogP contribution is -2.27. The molecule has 2 aromatic rings. The molecule has 2 aromatic heterocycles. The molecule has 0 spiro atoms. The first-order chi connectivity index (χ1) is 6.63. The Kier molecular flexibility index (Phi) is 1.63. The van der Waals surface area contributed by atoms with Gasteiger partial charge in [0.05, 0.1) is 5.52 Å². The molecule has 0 aromatic carbocycles. The van der Waals surface area contributed by atoms with Crippen molar-refractivity contribution in [2.75, 3.05) is 0 Å². The number of nitrogens with zero attached hydrogens (tertiary/aromatic N) is 3. The van der Waals surface area contributed by atoms with Crippen molar-refractivity contribution in [2.24, 2.45) is 7.05 Å². The van der Waals surface area contributed by atoms with Crippen LogP contribution in [0.15, 0.2) is 23.1 Å². The number of carboxylic acid groups (broad SMARTS) is 1. The van der Waals surface area contributed by atoms with Gasteiger partial charge in [0.2, 0.25) is 0 Å². The minimum absolute atomic E-state index is 0.164. The standard InChI is InChI=1S/C8H7N3O3/c1-10-5-3-2-4-9-6(5)7(12)11(10)8(13)14/h2-4H,1H3,(H,13,14). The number of pyridine rings is 1. The van der Waals surface area contributed by atoms with E-state index in [2.05, 4.69) is 4.98 Å². The minimum atomic E-state index is -1.31. The van der Waals surface area contributed by atoms with Gasteiger partial charge in [-0.15, -0.1) is 4.68 Å². The average molecular weight is 193 g/mol. The number of aryl methyl sites for hydroxylation is 1. The summed E-state index contributed by atoms with van der Waals surface area (Å²) < 4.78 is 1.88. The van der Waals surface area contributed by atoms with Crippen LogP contribution >= 0.6 is 0 Å². The van der Waals surface area contributed by atoms with Crippen molar-refractivity contribution in [1.82, 2.24) is 14.3 Å². The SMILES string of the molecule is Cn1c2cccnc2c(=O)n1C(=O)O. The van der Waals surface area contributed by atoms with Gasteiger partial charge in [0.1, 0.15) is 0 Å². The minimum Gasteiger partial charge on any atom is -0.463 e. The lowest BCUT2D eigenvalue weighted by atomic mass is 10.4. The summed E-state index contributed by atoms with van der Waals surface area (Å²) in [4.78, 5) is 26.0. The topological polar surface area (TPSA) is 77.1 Å². The van der Waals surface area contributed by atoms with Gasteiger partial charge >= 0.3 is 11.7 Å². The molecule has 0 saturated carbocycles. The van der Waals surface area contributed by atoms with E-state index in [1.165, 1.54) is 17.9 Å². The Morgan fingerprint density at radius 3 is 2.86 bits per heavy atom. The van der Waals surface area contributed by atoms with Crippen LogP contribution in [0.4, 0.5) is 4.79 Å². The van der Waals surface area contributed by atoms with Gasteiger partial charge in [-0.25, -0.2) is 9.78 Å². The summed E-state index contributed by atoms with van der Waals surface area (Å²) in [6.45, 7) is 0. The molecule has 2 heterocycles. The van der Waals surface area contributed by atoms with Crippen LogP contribution in [0.25, 0.3) is 11.0 Å². The molecule has 0 aliphatic heterocycles. The first-order valence-electron chi connectivity index (χ1n) is 3.89. The van der Waals surface area contributed by atoms with Crippen molar-refractivity contribution in [2.45, 2.75) is 0 Å². The second kappa shape index (κ2) is 2.69. The Bertz CT molecular complexity index is 567. The molecule has 0 atom stereocenters. The third kappa shape index (κ3) is 0.936. The van der Waals surface area contributed by atoms with Gasteiger partial charge in [0, 0.05) is 13.2 Å². The van der Waals surface area contributed by atoms with Crippen LogP contribution in [0, 0.1) is 0 Å². The van der Waals surface area contributed by atoms with E-state index < -0.39 is 11.7 Å². The smallest absolute Gasteiger partial charge is 0.434 e. The van der Waals surface area contributed by atoms with E-state index in [4.69, 9.17) is 5.11 Å². The predicted molar refractivity (Wildman–Crippen MR) is 48.4 cm³/mol. The van der Waals surface area contributed by atoms with E-state index in [1.54, 1.807) is 12.1 Å². The highest BCUT2D eigenvalue weighted by Crippen LogP contribution is 2.05. The first-order valence-corrected chi connectivity index (χ1v) is 3.89. The van der Waals surface area contributed by atoms with Gasteiger partial charge in [0.25, 0.3) is 0 Å². The highest BCUT2D eigenvalue weighted by molar-refractivity contribution is 5.79. The lowest BCUT2D eigenvalue weighted by molar-refractivity contribution is 0.188.